The molecule has 0 saturated carbocycles. The lowest BCUT2D eigenvalue weighted by Gasteiger charge is -2.30. The van der Waals surface area contributed by atoms with Gasteiger partial charge >= 0.3 is 12.0 Å². The van der Waals surface area contributed by atoms with E-state index in [0.29, 0.717) is 5.69 Å². The molecule has 3 atom stereocenters. The number of nitrogens with one attached hydrogen (secondary N) is 1. The van der Waals surface area contributed by atoms with Crippen LogP contribution in [0, 0.1) is 19.8 Å². The number of ether oxygens (including phenoxy) is 1. The van der Waals surface area contributed by atoms with E-state index in [4.69, 9.17) is 10.5 Å². The Labute approximate surface area is 169 Å². The van der Waals surface area contributed by atoms with Crippen LogP contribution < -0.4 is 11.1 Å². The zero-order chi connectivity index (χ0) is 21.1. The number of aryl methyl sites for hydroxylation is 2. The number of likely N-dealkylation sites (tertiary alicyclic amines) is 1. The highest BCUT2D eigenvalue weighted by molar-refractivity contribution is 5.95. The van der Waals surface area contributed by atoms with Crippen molar-refractivity contribution in [2.75, 3.05) is 12.4 Å². The molecule has 2 aromatic carbocycles. The molecule has 3 N–H and O–H groups in total. The second-order valence-electron chi connectivity index (χ2n) is 7.34. The average Bonchev–Trinajstić information content (AvgIpc) is 3.11. The maximum absolute atomic E-state index is 13.2. The van der Waals surface area contributed by atoms with Crippen LogP contribution in [0.15, 0.2) is 48.5 Å². The fourth-order valence-electron chi connectivity index (χ4n) is 3.75. The highest BCUT2D eigenvalue weighted by atomic mass is 16.5. The van der Waals surface area contributed by atoms with Crippen molar-refractivity contribution in [2.45, 2.75) is 32.4 Å². The van der Waals surface area contributed by atoms with Crippen LogP contribution in [-0.4, -0.2) is 36.0 Å². The highest BCUT2D eigenvalue weighted by Crippen LogP contribution is 2.42. The summed E-state index contributed by atoms with van der Waals surface area (Å²) in [5, 5.41) is 2.81. The molecule has 1 aliphatic heterocycles. The Bertz CT molecular complexity index is 909. The minimum Gasteiger partial charge on any atom is -0.469 e. The number of nitrogens with two attached hydrogens (primary N) is 1. The minimum atomic E-state index is -0.921. The Morgan fingerprint density at radius 2 is 1.55 bits per heavy atom. The van der Waals surface area contributed by atoms with Crippen LogP contribution in [0.2, 0.25) is 0 Å². The lowest BCUT2D eigenvalue weighted by molar-refractivity contribution is -0.146. The number of rotatable bonds is 4. The van der Waals surface area contributed by atoms with E-state index < -0.39 is 35.9 Å². The quantitative estimate of drug-likeness (QED) is 0.777. The van der Waals surface area contributed by atoms with Crippen molar-refractivity contribution in [3.8, 4) is 0 Å². The molecule has 1 fully saturated rings. The van der Waals surface area contributed by atoms with Gasteiger partial charge in [-0.05, 0) is 38.0 Å². The van der Waals surface area contributed by atoms with Gasteiger partial charge in [0, 0.05) is 5.69 Å². The van der Waals surface area contributed by atoms with E-state index in [2.05, 4.69) is 5.32 Å². The van der Waals surface area contributed by atoms with E-state index in [1.807, 2.05) is 50.2 Å². The molecule has 1 saturated heterocycles. The number of urea groups is 1. The molecule has 0 aliphatic carbocycles. The topological polar surface area (TPSA) is 102 Å². The molecule has 0 spiro atoms. The predicted octanol–water partition coefficient (Wildman–Crippen LogP) is 2.93. The Morgan fingerprint density at radius 1 is 1.00 bits per heavy atom. The van der Waals surface area contributed by atoms with E-state index in [0.717, 1.165) is 16.7 Å². The minimum absolute atomic E-state index is 0.113. The summed E-state index contributed by atoms with van der Waals surface area (Å²) >= 11 is 0. The van der Waals surface area contributed by atoms with Crippen LogP contribution in [0.1, 0.15) is 29.2 Å². The van der Waals surface area contributed by atoms with Gasteiger partial charge in [0.2, 0.25) is 5.91 Å². The number of carbonyl (C=O) groups is 3. The third kappa shape index (κ3) is 4.23. The molecular formula is C22H25N3O4. The molecule has 152 valence electrons. The summed E-state index contributed by atoms with van der Waals surface area (Å²) in [7, 11) is 1.29. The van der Waals surface area contributed by atoms with Crippen LogP contribution in [0.4, 0.5) is 10.5 Å². The molecule has 0 bridgehead atoms. The number of hydrogen-bond acceptors (Lipinski definition) is 4. The Hall–Kier alpha value is -3.35. The van der Waals surface area contributed by atoms with Crippen LogP contribution in [0.5, 0.6) is 0 Å². The van der Waals surface area contributed by atoms with Gasteiger partial charge < -0.3 is 20.7 Å². The van der Waals surface area contributed by atoms with Gasteiger partial charge in [0.15, 0.2) is 0 Å². The van der Waals surface area contributed by atoms with Gasteiger partial charge in [0.25, 0.3) is 0 Å². The van der Waals surface area contributed by atoms with E-state index >= 15 is 0 Å². The fraction of sp³-hybridized carbons (Fsp3) is 0.318. The van der Waals surface area contributed by atoms with E-state index in [1.54, 1.807) is 12.1 Å². The maximum atomic E-state index is 13.2. The Balaban J connectivity index is 2.00. The number of benzene rings is 2. The summed E-state index contributed by atoms with van der Waals surface area (Å²) in [5.41, 5.74) is 9.03. The van der Waals surface area contributed by atoms with E-state index in [9.17, 15) is 14.4 Å². The zero-order valence-corrected chi connectivity index (χ0v) is 16.7. The molecule has 3 amide bonds. The van der Waals surface area contributed by atoms with Crippen LogP contribution >= 0.6 is 0 Å². The first-order valence-electron chi connectivity index (χ1n) is 9.41. The fourth-order valence-corrected chi connectivity index (χ4v) is 3.75. The van der Waals surface area contributed by atoms with E-state index in [-0.39, 0.29) is 6.42 Å². The molecule has 29 heavy (non-hydrogen) atoms. The first-order chi connectivity index (χ1) is 13.8. The summed E-state index contributed by atoms with van der Waals surface area (Å²) in [6.07, 6.45) is 0.113. The van der Waals surface area contributed by atoms with E-state index in [1.165, 1.54) is 12.0 Å². The Kier molecular flexibility index (Phi) is 5.87. The van der Waals surface area contributed by atoms with Crippen molar-refractivity contribution in [1.82, 2.24) is 4.90 Å². The first kappa shape index (κ1) is 20.4. The SMILES string of the molecule is COC(=O)C1CC(C(N)=O)N(C(=O)Nc2ccc(C)cc2)C1c1ccc(C)cc1. The lowest BCUT2D eigenvalue weighted by Crippen LogP contribution is -2.46. The maximum Gasteiger partial charge on any atom is 0.323 e. The first-order valence-corrected chi connectivity index (χ1v) is 9.41. The second kappa shape index (κ2) is 8.34. The number of primary amides is 1. The van der Waals surface area contributed by atoms with Gasteiger partial charge in [-0.15, -0.1) is 0 Å². The number of methoxy groups -OCH3 is 1. The largest absolute Gasteiger partial charge is 0.469 e. The smallest absolute Gasteiger partial charge is 0.323 e. The van der Waals surface area contributed by atoms with Crippen molar-refractivity contribution in [3.05, 3.63) is 65.2 Å². The summed E-state index contributed by atoms with van der Waals surface area (Å²) in [4.78, 5) is 39.2. The molecule has 7 nitrogen and oxygen atoms in total. The summed E-state index contributed by atoms with van der Waals surface area (Å²) < 4.78 is 4.95. The van der Waals surface area contributed by atoms with Crippen molar-refractivity contribution in [2.24, 2.45) is 11.7 Å². The van der Waals surface area contributed by atoms with Crippen LogP contribution in [-0.2, 0) is 14.3 Å². The molecule has 7 heteroatoms. The molecule has 1 heterocycles. The van der Waals surface area contributed by atoms with Crippen molar-refractivity contribution in [3.63, 3.8) is 0 Å². The monoisotopic (exact) mass is 395 g/mol. The van der Waals surface area contributed by atoms with Gasteiger partial charge in [0.1, 0.15) is 6.04 Å². The van der Waals surface area contributed by atoms with Gasteiger partial charge in [-0.2, -0.15) is 0 Å². The zero-order valence-electron chi connectivity index (χ0n) is 16.7. The third-order valence-electron chi connectivity index (χ3n) is 5.28. The highest BCUT2D eigenvalue weighted by Gasteiger charge is 2.50. The van der Waals surface area contributed by atoms with Gasteiger partial charge in [-0.25, -0.2) is 4.79 Å². The lowest BCUT2D eigenvalue weighted by atomic mass is 9.92. The molecule has 3 unspecified atom stereocenters. The number of amides is 3. The van der Waals surface area contributed by atoms with Crippen molar-refractivity contribution < 1.29 is 19.1 Å². The average molecular weight is 395 g/mol. The van der Waals surface area contributed by atoms with Crippen molar-refractivity contribution in [1.29, 1.82) is 0 Å². The molecule has 0 aromatic heterocycles. The van der Waals surface area contributed by atoms with Crippen LogP contribution in [0.25, 0.3) is 0 Å². The summed E-state index contributed by atoms with van der Waals surface area (Å²) in [5.74, 6) is -1.83. The number of nitrogens with zero attached hydrogens (tertiary/aromatic N) is 1. The molecular weight excluding hydrogens is 370 g/mol. The normalized spacial score (nSPS) is 20.9. The standard InChI is InChI=1S/C22H25N3O4/c1-13-4-8-15(9-5-13)19-17(21(27)29-3)12-18(20(23)26)25(19)22(28)24-16-10-6-14(2)7-11-16/h4-11,17-19H,12H2,1-3H3,(H2,23,26)(H,24,28). The Morgan fingerprint density at radius 3 is 2.07 bits per heavy atom. The molecule has 2 aromatic rings. The predicted molar refractivity (Wildman–Crippen MR) is 109 cm³/mol. The van der Waals surface area contributed by atoms with Gasteiger partial charge in [0.05, 0.1) is 19.1 Å². The van der Waals surface area contributed by atoms with Gasteiger partial charge in [-0.3, -0.25) is 9.59 Å². The summed E-state index contributed by atoms with van der Waals surface area (Å²) in [6, 6.07) is 12.7. The second-order valence-corrected chi connectivity index (χ2v) is 7.34. The molecule has 3 rings (SSSR count). The number of hydrogen-bond donors (Lipinski definition) is 2. The number of anilines is 1. The van der Waals surface area contributed by atoms with Crippen molar-refractivity contribution >= 4 is 23.6 Å². The number of carbonyl (C=O) groups excluding carboxylic acids is 3. The van der Waals surface area contributed by atoms with Gasteiger partial charge in [-0.1, -0.05) is 47.5 Å². The number of esters is 1. The van der Waals surface area contributed by atoms with Crippen LogP contribution in [0.3, 0.4) is 0 Å². The molecule has 1 aliphatic rings. The summed E-state index contributed by atoms with van der Waals surface area (Å²) in [6.45, 7) is 3.90. The third-order valence-corrected chi connectivity index (χ3v) is 5.28. The molecule has 0 radical (unpaired) electrons.